The number of nitro groups is 1. The minimum atomic E-state index is -0.951. The van der Waals surface area contributed by atoms with Crippen molar-refractivity contribution in [3.05, 3.63) is 10.1 Å². The smallest absolute Gasteiger partial charge is 0.449 e. The molecule has 1 amide bonds. The Bertz CT molecular complexity index is 146. The molecule has 0 heterocycles. The van der Waals surface area contributed by atoms with Crippen LogP contribution in [0.15, 0.2) is 0 Å². The van der Waals surface area contributed by atoms with Crippen LogP contribution in [0.4, 0.5) is 4.79 Å². The largest absolute Gasteiger partial charge is 0.467 e. The summed E-state index contributed by atoms with van der Waals surface area (Å²) in [5.74, 6) is 0. The van der Waals surface area contributed by atoms with Gasteiger partial charge in [0.05, 0.1) is 13.7 Å². The van der Waals surface area contributed by atoms with Gasteiger partial charge in [-0.2, -0.15) is 0 Å². The zero-order valence-electron chi connectivity index (χ0n) is 5.73. The van der Waals surface area contributed by atoms with Crippen molar-refractivity contribution >= 4 is 6.09 Å². The molecule has 0 bridgehead atoms. The van der Waals surface area contributed by atoms with E-state index in [2.05, 4.69) is 4.74 Å². The predicted octanol–water partition coefficient (Wildman–Crippen LogP) is 0.266. The summed E-state index contributed by atoms with van der Waals surface area (Å²) in [5.41, 5.74) is 0. The first-order chi connectivity index (χ1) is 4.63. The van der Waals surface area contributed by atoms with Crippen molar-refractivity contribution in [2.75, 3.05) is 13.7 Å². The van der Waals surface area contributed by atoms with E-state index in [0.29, 0.717) is 5.01 Å². The fourth-order valence-corrected chi connectivity index (χ4v) is 0.417. The molecule has 0 aromatic carbocycles. The molecule has 10 heavy (non-hydrogen) atoms. The Morgan fingerprint density at radius 3 is 2.40 bits per heavy atom. The number of rotatable bonds is 2. The van der Waals surface area contributed by atoms with Gasteiger partial charge in [0.1, 0.15) is 0 Å². The summed E-state index contributed by atoms with van der Waals surface area (Å²) < 4.78 is 4.11. The summed E-state index contributed by atoms with van der Waals surface area (Å²) in [6, 6.07) is 0. The Balaban J connectivity index is 4.06. The van der Waals surface area contributed by atoms with Crippen LogP contribution < -0.4 is 0 Å². The first kappa shape index (κ1) is 8.67. The summed E-state index contributed by atoms with van der Waals surface area (Å²) in [6.45, 7) is 1.49. The normalized spacial score (nSPS) is 8.60. The number of hydrogen-bond acceptors (Lipinski definition) is 4. The molecule has 58 valence electrons. The number of amides is 1. The van der Waals surface area contributed by atoms with Crippen LogP contribution in [0, 0.1) is 10.1 Å². The van der Waals surface area contributed by atoms with Crippen molar-refractivity contribution in [3.8, 4) is 0 Å². The first-order valence-electron chi connectivity index (χ1n) is 2.63. The van der Waals surface area contributed by atoms with Crippen LogP contribution in [0.2, 0.25) is 0 Å². The number of ether oxygens (including phenoxy) is 1. The van der Waals surface area contributed by atoms with Crippen LogP contribution in [0.3, 0.4) is 0 Å². The van der Waals surface area contributed by atoms with Crippen molar-refractivity contribution in [2.24, 2.45) is 0 Å². The van der Waals surface area contributed by atoms with Gasteiger partial charge >= 0.3 is 6.09 Å². The van der Waals surface area contributed by atoms with Gasteiger partial charge in [0.25, 0.3) is 0 Å². The number of methoxy groups -OCH3 is 1. The maximum atomic E-state index is 10.4. The average Bonchev–Trinajstić information content (AvgIpc) is 1.88. The summed E-state index contributed by atoms with van der Waals surface area (Å²) in [5, 5.41) is 9.52. The molecule has 0 spiro atoms. The van der Waals surface area contributed by atoms with Gasteiger partial charge in [0.2, 0.25) is 0 Å². The lowest BCUT2D eigenvalue weighted by molar-refractivity contribution is -0.634. The van der Waals surface area contributed by atoms with E-state index in [1.807, 2.05) is 0 Å². The number of hydrogen-bond donors (Lipinski definition) is 0. The Labute approximate surface area is 57.5 Å². The molecule has 0 N–H and O–H groups in total. The number of carbonyl (C=O) groups is 1. The van der Waals surface area contributed by atoms with Gasteiger partial charge in [-0.15, -0.1) is 0 Å². The third kappa shape index (κ3) is 1.88. The lowest BCUT2D eigenvalue weighted by Crippen LogP contribution is -2.35. The standard InChI is InChI=1S/C4H8N2O4/c1-3-5(6(8)9)4(7)10-2/h3H2,1-2H3. The third-order valence-electron chi connectivity index (χ3n) is 0.882. The van der Waals surface area contributed by atoms with Crippen LogP contribution >= 0.6 is 0 Å². The Hall–Kier alpha value is -1.33. The Morgan fingerprint density at radius 1 is 1.80 bits per heavy atom. The highest BCUT2D eigenvalue weighted by Gasteiger charge is 2.21. The molecule has 0 aliphatic heterocycles. The SMILES string of the molecule is CCN(C(=O)OC)[N+](=O)[O-]. The summed E-state index contributed by atoms with van der Waals surface area (Å²) in [7, 11) is 1.09. The van der Waals surface area contributed by atoms with E-state index in [0.717, 1.165) is 7.11 Å². The second-order valence-electron chi connectivity index (χ2n) is 1.42. The Kier molecular flexibility index (Phi) is 3.16. The zero-order valence-corrected chi connectivity index (χ0v) is 5.73. The van der Waals surface area contributed by atoms with Gasteiger partial charge in [0, 0.05) is 0 Å². The molecule has 0 aliphatic rings. The van der Waals surface area contributed by atoms with E-state index in [4.69, 9.17) is 0 Å². The zero-order chi connectivity index (χ0) is 8.15. The van der Waals surface area contributed by atoms with Gasteiger partial charge < -0.3 is 4.74 Å². The molecule has 0 aromatic rings. The van der Waals surface area contributed by atoms with Gasteiger partial charge in [0.15, 0.2) is 5.03 Å². The molecule has 0 atom stereocenters. The molecular weight excluding hydrogens is 140 g/mol. The van der Waals surface area contributed by atoms with Crippen molar-refractivity contribution in [1.29, 1.82) is 0 Å². The predicted molar refractivity (Wildman–Crippen MR) is 31.8 cm³/mol. The maximum Gasteiger partial charge on any atom is 0.467 e. The van der Waals surface area contributed by atoms with Crippen LogP contribution in [-0.4, -0.2) is 29.8 Å². The molecule has 6 heteroatoms. The highest BCUT2D eigenvalue weighted by Crippen LogP contribution is 1.90. The lowest BCUT2D eigenvalue weighted by atomic mass is 10.7. The molecule has 0 saturated carbocycles. The molecule has 0 rings (SSSR count). The number of hydrazine groups is 1. The molecule has 0 aliphatic carbocycles. The van der Waals surface area contributed by atoms with Gasteiger partial charge in [-0.05, 0) is 11.9 Å². The minimum absolute atomic E-state index is 0.000324. The second-order valence-corrected chi connectivity index (χ2v) is 1.42. The van der Waals surface area contributed by atoms with Crippen LogP contribution in [0.1, 0.15) is 6.92 Å². The molecule has 0 saturated heterocycles. The molecular formula is C4H8N2O4. The van der Waals surface area contributed by atoms with E-state index in [1.54, 1.807) is 0 Å². The summed E-state index contributed by atoms with van der Waals surface area (Å²) in [6.07, 6.45) is -0.951. The van der Waals surface area contributed by atoms with E-state index in [-0.39, 0.29) is 6.54 Å². The van der Waals surface area contributed by atoms with Crippen molar-refractivity contribution < 1.29 is 14.6 Å². The average molecular weight is 148 g/mol. The molecule has 0 fully saturated rings. The van der Waals surface area contributed by atoms with Crippen molar-refractivity contribution in [3.63, 3.8) is 0 Å². The van der Waals surface area contributed by atoms with Gasteiger partial charge in [-0.25, -0.2) is 14.9 Å². The third-order valence-corrected chi connectivity index (χ3v) is 0.882. The lowest BCUT2D eigenvalue weighted by Gasteiger charge is -2.06. The molecule has 0 aromatic heterocycles. The monoisotopic (exact) mass is 148 g/mol. The first-order valence-corrected chi connectivity index (χ1v) is 2.63. The minimum Gasteiger partial charge on any atom is -0.449 e. The van der Waals surface area contributed by atoms with Crippen molar-refractivity contribution in [2.45, 2.75) is 6.92 Å². The highest BCUT2D eigenvalue weighted by atomic mass is 16.7. The topological polar surface area (TPSA) is 72.7 Å². The molecule has 6 nitrogen and oxygen atoms in total. The fourth-order valence-electron chi connectivity index (χ4n) is 0.417. The maximum absolute atomic E-state index is 10.4. The number of carbonyl (C=O) groups excluding carboxylic acids is 1. The van der Waals surface area contributed by atoms with E-state index < -0.39 is 11.1 Å². The van der Waals surface area contributed by atoms with Gasteiger partial charge in [-0.1, -0.05) is 0 Å². The molecule has 0 radical (unpaired) electrons. The van der Waals surface area contributed by atoms with Gasteiger partial charge in [-0.3, -0.25) is 0 Å². The quantitative estimate of drug-likeness (QED) is 0.416. The summed E-state index contributed by atoms with van der Waals surface area (Å²) >= 11 is 0. The number of nitrogens with zero attached hydrogens (tertiary/aromatic N) is 2. The molecule has 0 unspecified atom stereocenters. The van der Waals surface area contributed by atoms with E-state index in [1.165, 1.54) is 6.92 Å². The van der Waals surface area contributed by atoms with Crippen LogP contribution in [0.25, 0.3) is 0 Å². The van der Waals surface area contributed by atoms with Crippen LogP contribution in [-0.2, 0) is 4.74 Å². The van der Waals surface area contributed by atoms with E-state index >= 15 is 0 Å². The fraction of sp³-hybridized carbons (Fsp3) is 0.750. The van der Waals surface area contributed by atoms with E-state index in [9.17, 15) is 14.9 Å². The second kappa shape index (κ2) is 3.65. The highest BCUT2D eigenvalue weighted by molar-refractivity contribution is 5.65. The van der Waals surface area contributed by atoms with Crippen molar-refractivity contribution in [1.82, 2.24) is 5.01 Å². The van der Waals surface area contributed by atoms with Crippen LogP contribution in [0.5, 0.6) is 0 Å². The Morgan fingerprint density at radius 2 is 2.30 bits per heavy atom. The summed E-state index contributed by atoms with van der Waals surface area (Å²) in [4.78, 5) is 20.4.